The van der Waals surface area contributed by atoms with Crippen molar-refractivity contribution >= 4 is 12.1 Å². The third-order valence-electron chi connectivity index (χ3n) is 6.93. The number of rotatable bonds is 5. The first kappa shape index (κ1) is 20.8. The lowest BCUT2D eigenvalue weighted by molar-refractivity contribution is 0.0511. The van der Waals surface area contributed by atoms with Gasteiger partial charge >= 0.3 is 12.1 Å². The molecule has 0 saturated carbocycles. The van der Waals surface area contributed by atoms with Gasteiger partial charge in [-0.15, -0.1) is 0 Å². The molecule has 1 N–H and O–H groups in total. The van der Waals surface area contributed by atoms with Crippen LogP contribution in [0.15, 0.2) is 60.7 Å². The summed E-state index contributed by atoms with van der Waals surface area (Å²) in [6.07, 6.45) is 2.16. The second kappa shape index (κ2) is 8.82. The molecule has 0 radical (unpaired) electrons. The summed E-state index contributed by atoms with van der Waals surface area (Å²) >= 11 is 0. The summed E-state index contributed by atoms with van der Waals surface area (Å²) in [7, 11) is 0. The van der Waals surface area contributed by atoms with Gasteiger partial charge in [-0.3, -0.25) is 4.90 Å². The van der Waals surface area contributed by atoms with Crippen molar-refractivity contribution in [3.8, 4) is 0 Å². The number of nitrogens with one attached hydrogen (secondary N) is 1. The van der Waals surface area contributed by atoms with E-state index in [9.17, 15) is 9.59 Å². The van der Waals surface area contributed by atoms with Crippen LogP contribution in [-0.4, -0.2) is 78.7 Å². The van der Waals surface area contributed by atoms with Crippen LogP contribution >= 0.6 is 0 Å². The van der Waals surface area contributed by atoms with Crippen LogP contribution in [-0.2, 0) is 10.3 Å². The molecule has 0 bridgehead atoms. The quantitative estimate of drug-likeness (QED) is 0.786. The number of likely N-dealkylation sites (tertiary alicyclic amines) is 1. The zero-order valence-corrected chi connectivity index (χ0v) is 18.3. The lowest BCUT2D eigenvalue weighted by Crippen LogP contribution is -2.60. The molecule has 32 heavy (non-hydrogen) atoms. The maximum atomic E-state index is 13.0. The Hall–Kier alpha value is -3.06. The van der Waals surface area contributed by atoms with Gasteiger partial charge < -0.3 is 19.9 Å². The van der Waals surface area contributed by atoms with Crippen LogP contribution in [0.2, 0.25) is 0 Å². The molecule has 7 heteroatoms. The minimum Gasteiger partial charge on any atom is -0.431 e. The van der Waals surface area contributed by atoms with Crippen molar-refractivity contribution in [2.45, 2.75) is 24.5 Å². The second-order valence-corrected chi connectivity index (χ2v) is 8.77. The molecule has 5 rings (SSSR count). The van der Waals surface area contributed by atoms with Gasteiger partial charge in [0, 0.05) is 43.9 Å². The van der Waals surface area contributed by atoms with E-state index in [-0.39, 0.29) is 18.2 Å². The number of piperazine rings is 1. The zero-order chi connectivity index (χ0) is 22.0. The molecule has 3 saturated heterocycles. The highest BCUT2D eigenvalue weighted by Crippen LogP contribution is 2.45. The van der Waals surface area contributed by atoms with Gasteiger partial charge in [0.2, 0.25) is 0 Å². The molecule has 3 aliphatic rings. The highest BCUT2D eigenvalue weighted by atomic mass is 16.6. The first-order chi connectivity index (χ1) is 15.7. The number of nitrogens with zero attached hydrogens (tertiary/aromatic N) is 3. The molecule has 1 unspecified atom stereocenters. The van der Waals surface area contributed by atoms with Gasteiger partial charge in [-0.25, -0.2) is 9.59 Å². The molecule has 1 atom stereocenters. The van der Waals surface area contributed by atoms with E-state index in [1.807, 2.05) is 65.6 Å². The van der Waals surface area contributed by atoms with Gasteiger partial charge in [-0.1, -0.05) is 60.7 Å². The first-order valence-corrected chi connectivity index (χ1v) is 11.5. The summed E-state index contributed by atoms with van der Waals surface area (Å²) in [6, 6.07) is 19.4. The number of fused-ring (bicyclic) bond motifs is 1. The minimum atomic E-state index is -0.950. The topological polar surface area (TPSA) is 65.1 Å². The summed E-state index contributed by atoms with van der Waals surface area (Å²) in [5, 5.41) is 3.08. The zero-order valence-electron chi connectivity index (χ0n) is 18.3. The third kappa shape index (κ3) is 3.71. The molecule has 0 spiro atoms. The molecule has 0 aliphatic carbocycles. The number of hydrogen-bond donors (Lipinski definition) is 1. The van der Waals surface area contributed by atoms with E-state index in [0.29, 0.717) is 26.2 Å². The molecular formula is C25H30N4O3. The van der Waals surface area contributed by atoms with Gasteiger partial charge in [-0.05, 0) is 25.9 Å². The Bertz CT molecular complexity index is 907. The average Bonchev–Trinajstić information content (AvgIpc) is 3.46. The van der Waals surface area contributed by atoms with Gasteiger partial charge in [-0.2, -0.15) is 0 Å². The molecule has 2 aromatic rings. The fourth-order valence-electron chi connectivity index (χ4n) is 5.28. The van der Waals surface area contributed by atoms with Crippen molar-refractivity contribution < 1.29 is 14.3 Å². The number of cyclic esters (lactones) is 1. The summed E-state index contributed by atoms with van der Waals surface area (Å²) in [4.78, 5) is 31.9. The number of benzene rings is 2. The van der Waals surface area contributed by atoms with Crippen LogP contribution in [0, 0.1) is 0 Å². The van der Waals surface area contributed by atoms with Crippen molar-refractivity contribution in [1.82, 2.24) is 20.0 Å². The predicted octanol–water partition coefficient (Wildman–Crippen LogP) is 2.87. The highest BCUT2D eigenvalue weighted by molar-refractivity contribution is 5.77. The van der Waals surface area contributed by atoms with Crippen molar-refractivity contribution in [1.29, 1.82) is 0 Å². The molecular weight excluding hydrogens is 404 g/mol. The number of carbonyl (C=O) groups excluding carboxylic acids is 2. The van der Waals surface area contributed by atoms with Crippen LogP contribution in [0.25, 0.3) is 0 Å². The molecule has 3 aliphatic heterocycles. The minimum absolute atomic E-state index is 0.0711. The summed E-state index contributed by atoms with van der Waals surface area (Å²) in [6.45, 7) is 5.15. The number of hydrogen-bond acceptors (Lipinski definition) is 4. The van der Waals surface area contributed by atoms with E-state index >= 15 is 0 Å². The fraction of sp³-hybridized carbons (Fsp3) is 0.440. The van der Waals surface area contributed by atoms with Gasteiger partial charge in [0.1, 0.15) is 6.04 Å². The van der Waals surface area contributed by atoms with E-state index in [0.717, 1.165) is 30.8 Å². The number of ether oxygens (including phenoxy) is 1. The monoisotopic (exact) mass is 434 g/mol. The maximum absolute atomic E-state index is 13.0. The Morgan fingerprint density at radius 1 is 0.938 bits per heavy atom. The number of urea groups is 1. The highest BCUT2D eigenvalue weighted by Gasteiger charge is 2.58. The molecule has 3 fully saturated rings. The normalized spacial score (nSPS) is 22.5. The molecule has 2 aromatic carbocycles. The van der Waals surface area contributed by atoms with Crippen LogP contribution in [0.1, 0.15) is 24.0 Å². The van der Waals surface area contributed by atoms with Gasteiger partial charge in [0.05, 0.1) is 0 Å². The Morgan fingerprint density at radius 2 is 1.56 bits per heavy atom. The van der Waals surface area contributed by atoms with Crippen LogP contribution in [0.4, 0.5) is 9.59 Å². The SMILES string of the molecule is O=C(NCCN1CCCC1)N1CCN2C(=O)OC(c3ccccc3)(c3ccccc3)C2C1. The second-order valence-electron chi connectivity index (χ2n) is 8.77. The Balaban J connectivity index is 1.38. The third-order valence-corrected chi connectivity index (χ3v) is 6.93. The van der Waals surface area contributed by atoms with E-state index in [4.69, 9.17) is 4.74 Å². The van der Waals surface area contributed by atoms with E-state index < -0.39 is 5.60 Å². The van der Waals surface area contributed by atoms with Crippen molar-refractivity contribution in [3.63, 3.8) is 0 Å². The lowest BCUT2D eigenvalue weighted by Gasteiger charge is -2.42. The number of carbonyl (C=O) groups is 2. The van der Waals surface area contributed by atoms with Crippen molar-refractivity contribution in [2.24, 2.45) is 0 Å². The van der Waals surface area contributed by atoms with E-state index in [2.05, 4.69) is 10.2 Å². The first-order valence-electron chi connectivity index (χ1n) is 11.5. The standard InChI is InChI=1S/C25H30N4O3/c30-23(26-13-16-27-14-7-8-15-27)28-17-18-29-22(19-28)25(32-24(29)31,20-9-3-1-4-10-20)21-11-5-2-6-12-21/h1-6,9-12,22H,7-8,13-19H2,(H,26,30). The van der Waals surface area contributed by atoms with Crippen LogP contribution < -0.4 is 5.32 Å². The van der Waals surface area contributed by atoms with E-state index in [1.165, 1.54) is 12.8 Å². The predicted molar refractivity (Wildman–Crippen MR) is 121 cm³/mol. The summed E-state index contributed by atoms with van der Waals surface area (Å²) < 4.78 is 6.17. The van der Waals surface area contributed by atoms with Crippen molar-refractivity contribution in [3.05, 3.63) is 71.8 Å². The Morgan fingerprint density at radius 3 is 2.19 bits per heavy atom. The molecule has 7 nitrogen and oxygen atoms in total. The largest absolute Gasteiger partial charge is 0.431 e. The summed E-state index contributed by atoms with van der Waals surface area (Å²) in [5.41, 5.74) is 0.889. The molecule has 3 amide bonds. The Kier molecular flexibility index (Phi) is 5.74. The number of amides is 3. The average molecular weight is 435 g/mol. The fourth-order valence-corrected chi connectivity index (χ4v) is 5.28. The van der Waals surface area contributed by atoms with Crippen LogP contribution in [0.3, 0.4) is 0 Å². The molecule has 168 valence electrons. The van der Waals surface area contributed by atoms with Gasteiger partial charge in [0.25, 0.3) is 0 Å². The Labute approximate surface area is 188 Å². The lowest BCUT2D eigenvalue weighted by atomic mass is 9.79. The van der Waals surface area contributed by atoms with Crippen LogP contribution in [0.5, 0.6) is 0 Å². The summed E-state index contributed by atoms with van der Waals surface area (Å²) in [5.74, 6) is 0. The smallest absolute Gasteiger partial charge is 0.411 e. The maximum Gasteiger partial charge on any atom is 0.411 e. The molecule has 0 aromatic heterocycles. The van der Waals surface area contributed by atoms with Crippen molar-refractivity contribution in [2.75, 3.05) is 45.8 Å². The van der Waals surface area contributed by atoms with E-state index in [1.54, 1.807) is 4.90 Å². The molecule has 3 heterocycles. The van der Waals surface area contributed by atoms with Gasteiger partial charge in [0.15, 0.2) is 5.60 Å².